The van der Waals surface area contributed by atoms with Gasteiger partial charge in [0.1, 0.15) is 11.8 Å². The van der Waals surface area contributed by atoms with Crippen molar-refractivity contribution in [2.75, 3.05) is 12.4 Å². The Morgan fingerprint density at radius 1 is 1.13 bits per heavy atom. The minimum absolute atomic E-state index is 0.0901. The highest BCUT2D eigenvalue weighted by molar-refractivity contribution is 6.04. The van der Waals surface area contributed by atoms with E-state index in [1.54, 1.807) is 48.5 Å². The maximum atomic E-state index is 12.7. The number of benzene rings is 2. The smallest absolute Gasteiger partial charge is 0.417 e. The van der Waals surface area contributed by atoms with Crippen LogP contribution >= 0.6 is 0 Å². The molecule has 0 aliphatic carbocycles. The molecule has 8 heteroatoms. The van der Waals surface area contributed by atoms with Gasteiger partial charge in [-0.05, 0) is 60.2 Å². The monoisotopic (exact) mass is 423 g/mol. The number of rotatable bonds is 5. The van der Waals surface area contributed by atoms with E-state index in [1.165, 1.54) is 13.2 Å². The predicted octanol–water partition coefficient (Wildman–Crippen LogP) is 5.43. The molecule has 31 heavy (non-hydrogen) atoms. The third kappa shape index (κ3) is 5.48. The van der Waals surface area contributed by atoms with Gasteiger partial charge in [0.15, 0.2) is 0 Å². The Labute approximate surface area is 176 Å². The summed E-state index contributed by atoms with van der Waals surface area (Å²) in [5, 5.41) is 12.2. The Hall–Kier alpha value is -4.12. The molecule has 0 unspecified atom stereocenters. The van der Waals surface area contributed by atoms with Gasteiger partial charge in [0.05, 0.1) is 23.9 Å². The normalized spacial score (nSPS) is 11.5. The average Bonchev–Trinajstić information content (AvgIpc) is 2.77. The average molecular weight is 423 g/mol. The van der Waals surface area contributed by atoms with Crippen molar-refractivity contribution in [2.45, 2.75) is 6.18 Å². The number of ether oxygens (including phenoxy) is 1. The molecule has 0 saturated heterocycles. The fourth-order valence-electron chi connectivity index (χ4n) is 2.70. The van der Waals surface area contributed by atoms with Gasteiger partial charge in [-0.25, -0.2) is 0 Å². The molecule has 156 valence electrons. The van der Waals surface area contributed by atoms with Crippen molar-refractivity contribution in [3.05, 3.63) is 89.2 Å². The second-order valence-corrected chi connectivity index (χ2v) is 6.41. The number of aromatic nitrogens is 1. The molecule has 3 aromatic rings. The Balaban J connectivity index is 1.80. The number of amides is 1. The number of nitrogens with one attached hydrogen (secondary N) is 1. The molecule has 1 N–H and O–H groups in total. The molecule has 3 rings (SSSR count). The number of pyridine rings is 1. The van der Waals surface area contributed by atoms with Crippen LogP contribution in [0.25, 0.3) is 11.6 Å². The first kappa shape index (κ1) is 21.6. The van der Waals surface area contributed by atoms with Gasteiger partial charge in [0.25, 0.3) is 5.91 Å². The molecule has 0 aliphatic heterocycles. The molecule has 0 radical (unpaired) electrons. The van der Waals surface area contributed by atoms with Crippen molar-refractivity contribution in [3.63, 3.8) is 0 Å². The SMILES string of the molecule is COc1ccc(C(=O)Nc2cccc(/C=C(\C#N)c3ccc(C(F)(F)F)cn3)c2)cc1. The zero-order chi connectivity index (χ0) is 22.4. The number of hydrogen-bond acceptors (Lipinski definition) is 4. The van der Waals surface area contributed by atoms with Gasteiger partial charge in [-0.3, -0.25) is 9.78 Å². The number of anilines is 1. The first-order valence-corrected chi connectivity index (χ1v) is 9.01. The van der Waals surface area contributed by atoms with Crippen LogP contribution < -0.4 is 10.1 Å². The summed E-state index contributed by atoms with van der Waals surface area (Å²) in [6.07, 6.45) is -2.33. The summed E-state index contributed by atoms with van der Waals surface area (Å²) in [5.74, 6) is 0.304. The Morgan fingerprint density at radius 2 is 1.87 bits per heavy atom. The van der Waals surface area contributed by atoms with Gasteiger partial charge in [0, 0.05) is 17.4 Å². The third-order valence-corrected chi connectivity index (χ3v) is 4.29. The van der Waals surface area contributed by atoms with Crippen LogP contribution in [-0.4, -0.2) is 18.0 Å². The van der Waals surface area contributed by atoms with E-state index in [0.717, 1.165) is 12.1 Å². The number of allylic oxidation sites excluding steroid dienone is 1. The van der Waals surface area contributed by atoms with E-state index in [1.807, 2.05) is 6.07 Å². The molecule has 2 aromatic carbocycles. The summed E-state index contributed by atoms with van der Waals surface area (Å²) in [4.78, 5) is 16.2. The van der Waals surface area contributed by atoms with Gasteiger partial charge in [-0.15, -0.1) is 0 Å². The Morgan fingerprint density at radius 3 is 2.45 bits per heavy atom. The van der Waals surface area contributed by atoms with Gasteiger partial charge in [-0.1, -0.05) is 12.1 Å². The predicted molar refractivity (Wildman–Crippen MR) is 110 cm³/mol. The fraction of sp³-hybridized carbons (Fsp3) is 0.0870. The lowest BCUT2D eigenvalue weighted by atomic mass is 10.1. The zero-order valence-corrected chi connectivity index (χ0v) is 16.3. The molecule has 1 aromatic heterocycles. The third-order valence-electron chi connectivity index (χ3n) is 4.29. The molecule has 1 amide bonds. The van der Waals surface area contributed by atoms with Crippen molar-refractivity contribution in [3.8, 4) is 11.8 Å². The summed E-state index contributed by atoms with van der Waals surface area (Å²) >= 11 is 0. The van der Waals surface area contributed by atoms with Crippen molar-refractivity contribution in [1.82, 2.24) is 4.98 Å². The quantitative estimate of drug-likeness (QED) is 0.556. The molecular weight excluding hydrogens is 407 g/mol. The van der Waals surface area contributed by atoms with E-state index in [9.17, 15) is 23.2 Å². The van der Waals surface area contributed by atoms with E-state index in [4.69, 9.17) is 4.74 Å². The highest BCUT2D eigenvalue weighted by Gasteiger charge is 2.30. The zero-order valence-electron chi connectivity index (χ0n) is 16.3. The summed E-state index contributed by atoms with van der Waals surface area (Å²) < 4.78 is 43.2. The van der Waals surface area contributed by atoms with Gasteiger partial charge < -0.3 is 10.1 Å². The summed E-state index contributed by atoms with van der Waals surface area (Å²) in [6.45, 7) is 0. The molecular formula is C23H16F3N3O2. The van der Waals surface area contributed by atoms with Crippen LogP contribution in [0.4, 0.5) is 18.9 Å². The highest BCUT2D eigenvalue weighted by Crippen LogP contribution is 2.29. The van der Waals surface area contributed by atoms with Crippen molar-refractivity contribution in [1.29, 1.82) is 5.26 Å². The molecule has 0 fully saturated rings. The lowest BCUT2D eigenvalue weighted by molar-refractivity contribution is -0.137. The molecule has 0 saturated carbocycles. The number of carbonyl (C=O) groups excluding carboxylic acids is 1. The topological polar surface area (TPSA) is 75.0 Å². The van der Waals surface area contributed by atoms with Gasteiger partial charge in [-0.2, -0.15) is 18.4 Å². The van der Waals surface area contributed by atoms with E-state index in [-0.39, 0.29) is 17.2 Å². The summed E-state index contributed by atoms with van der Waals surface area (Å²) in [7, 11) is 1.53. The summed E-state index contributed by atoms with van der Waals surface area (Å²) in [6, 6.07) is 17.3. The molecule has 0 aliphatic rings. The standard InChI is InChI=1S/C23H16F3N3O2/c1-31-20-8-5-16(6-9-20)22(30)29-19-4-2-3-15(12-19)11-17(13-27)21-10-7-18(14-28-21)23(24,25)26/h2-12,14H,1H3,(H,29,30)/b17-11+. The van der Waals surface area contributed by atoms with Gasteiger partial charge in [0.2, 0.25) is 0 Å². The Kier molecular flexibility index (Phi) is 6.36. The van der Waals surface area contributed by atoms with Crippen LogP contribution in [0.2, 0.25) is 0 Å². The number of nitrogens with zero attached hydrogens (tertiary/aromatic N) is 2. The maximum Gasteiger partial charge on any atom is 0.417 e. The minimum atomic E-state index is -4.50. The second-order valence-electron chi connectivity index (χ2n) is 6.41. The summed E-state index contributed by atoms with van der Waals surface area (Å²) in [5.41, 5.74) is 0.818. The number of carbonyl (C=O) groups is 1. The first-order chi connectivity index (χ1) is 14.8. The lowest BCUT2D eigenvalue weighted by Crippen LogP contribution is -2.11. The van der Waals surface area contributed by atoms with E-state index < -0.39 is 11.7 Å². The number of halogens is 3. The van der Waals surface area contributed by atoms with Crippen molar-refractivity contribution >= 4 is 23.2 Å². The first-order valence-electron chi connectivity index (χ1n) is 9.01. The van der Waals surface area contributed by atoms with Crippen LogP contribution in [-0.2, 0) is 6.18 Å². The molecule has 1 heterocycles. The molecule has 0 bridgehead atoms. The molecule has 5 nitrogen and oxygen atoms in total. The lowest BCUT2D eigenvalue weighted by Gasteiger charge is -2.08. The van der Waals surface area contributed by atoms with Crippen LogP contribution in [0, 0.1) is 11.3 Å². The second kappa shape index (κ2) is 9.13. The number of methoxy groups -OCH3 is 1. The van der Waals surface area contributed by atoms with Gasteiger partial charge >= 0.3 is 6.18 Å². The fourth-order valence-corrected chi connectivity index (χ4v) is 2.70. The maximum absolute atomic E-state index is 12.7. The largest absolute Gasteiger partial charge is 0.497 e. The minimum Gasteiger partial charge on any atom is -0.497 e. The Bertz CT molecular complexity index is 1150. The van der Waals surface area contributed by atoms with E-state index in [2.05, 4.69) is 10.3 Å². The van der Waals surface area contributed by atoms with Crippen LogP contribution in [0.3, 0.4) is 0 Å². The molecule has 0 atom stereocenters. The number of hydrogen-bond donors (Lipinski definition) is 1. The van der Waals surface area contributed by atoms with Crippen LogP contribution in [0.15, 0.2) is 66.9 Å². The van der Waals surface area contributed by atoms with E-state index in [0.29, 0.717) is 28.8 Å². The van der Waals surface area contributed by atoms with E-state index >= 15 is 0 Å². The van der Waals surface area contributed by atoms with Crippen LogP contribution in [0.5, 0.6) is 5.75 Å². The van der Waals surface area contributed by atoms with Crippen LogP contribution in [0.1, 0.15) is 27.2 Å². The number of nitriles is 1. The van der Waals surface area contributed by atoms with Crippen molar-refractivity contribution in [2.24, 2.45) is 0 Å². The molecule has 0 spiro atoms. The number of alkyl halides is 3. The highest BCUT2D eigenvalue weighted by atomic mass is 19.4. The van der Waals surface area contributed by atoms with Crippen molar-refractivity contribution < 1.29 is 22.7 Å².